The standard InChI is InChI=1S/C28H29N/c1-2-3-4-5-6-7-10-19-15-16-20-11-9-14-23-26(20)25(19)22-13-8-12-21-17-18-24(29)28(23)27(21)22/h8-9,11-18H,2-7,10,29H2,1H3. The summed E-state index contributed by atoms with van der Waals surface area (Å²) in [5.74, 6) is 0. The van der Waals surface area contributed by atoms with Crippen molar-refractivity contribution in [3.63, 3.8) is 0 Å². The highest BCUT2D eigenvalue weighted by Gasteiger charge is 2.16. The summed E-state index contributed by atoms with van der Waals surface area (Å²) in [7, 11) is 0. The minimum absolute atomic E-state index is 0.879. The molecule has 5 aromatic rings. The molecule has 0 amide bonds. The van der Waals surface area contributed by atoms with E-state index < -0.39 is 0 Å². The van der Waals surface area contributed by atoms with Crippen LogP contribution in [0.2, 0.25) is 0 Å². The van der Waals surface area contributed by atoms with Crippen LogP contribution in [0.4, 0.5) is 5.69 Å². The van der Waals surface area contributed by atoms with E-state index in [0.717, 1.165) is 12.1 Å². The summed E-state index contributed by atoms with van der Waals surface area (Å²) >= 11 is 0. The molecule has 0 saturated carbocycles. The molecular formula is C28H29N. The number of nitrogen functional groups attached to an aromatic ring is 1. The third-order valence-corrected chi connectivity index (χ3v) is 6.55. The van der Waals surface area contributed by atoms with Gasteiger partial charge in [-0.15, -0.1) is 0 Å². The Balaban J connectivity index is 1.72. The van der Waals surface area contributed by atoms with E-state index in [0.29, 0.717) is 0 Å². The van der Waals surface area contributed by atoms with Crippen molar-refractivity contribution in [2.75, 3.05) is 5.73 Å². The second kappa shape index (κ2) is 7.55. The Kier molecular flexibility index (Phi) is 4.75. The number of rotatable bonds is 7. The van der Waals surface area contributed by atoms with Crippen LogP contribution in [0.15, 0.2) is 60.7 Å². The van der Waals surface area contributed by atoms with Gasteiger partial charge in [0.25, 0.3) is 0 Å². The van der Waals surface area contributed by atoms with Gasteiger partial charge in [-0.1, -0.05) is 93.6 Å². The fourth-order valence-electron chi connectivity index (χ4n) is 5.14. The van der Waals surface area contributed by atoms with Crippen molar-refractivity contribution >= 4 is 48.8 Å². The molecule has 1 nitrogen and oxygen atoms in total. The van der Waals surface area contributed by atoms with Gasteiger partial charge >= 0.3 is 0 Å². The number of hydrogen-bond donors (Lipinski definition) is 1. The van der Waals surface area contributed by atoms with Gasteiger partial charge in [-0.05, 0) is 62.2 Å². The lowest BCUT2D eigenvalue weighted by Crippen LogP contribution is -1.95. The third kappa shape index (κ3) is 3.00. The second-order valence-corrected chi connectivity index (χ2v) is 8.45. The Hall–Kier alpha value is -2.80. The summed E-state index contributed by atoms with van der Waals surface area (Å²) in [4.78, 5) is 0. The number of nitrogens with two attached hydrogens (primary N) is 1. The van der Waals surface area contributed by atoms with Crippen LogP contribution in [-0.2, 0) is 6.42 Å². The van der Waals surface area contributed by atoms with E-state index in [1.165, 1.54) is 87.2 Å². The Bertz CT molecular complexity index is 1300. The van der Waals surface area contributed by atoms with Gasteiger partial charge in [0.15, 0.2) is 0 Å². The molecule has 0 bridgehead atoms. The lowest BCUT2D eigenvalue weighted by Gasteiger charge is -2.18. The second-order valence-electron chi connectivity index (χ2n) is 8.45. The van der Waals surface area contributed by atoms with E-state index in [1.807, 2.05) is 0 Å². The van der Waals surface area contributed by atoms with E-state index in [-0.39, 0.29) is 0 Å². The molecular weight excluding hydrogens is 350 g/mol. The molecule has 5 aromatic carbocycles. The summed E-state index contributed by atoms with van der Waals surface area (Å²) in [5.41, 5.74) is 8.87. The van der Waals surface area contributed by atoms with Crippen LogP contribution in [0.25, 0.3) is 43.1 Å². The molecule has 0 heterocycles. The molecule has 146 valence electrons. The van der Waals surface area contributed by atoms with Gasteiger partial charge in [0.2, 0.25) is 0 Å². The summed E-state index contributed by atoms with van der Waals surface area (Å²) in [6.45, 7) is 2.28. The zero-order chi connectivity index (χ0) is 19.8. The molecule has 0 aromatic heterocycles. The minimum Gasteiger partial charge on any atom is -0.398 e. The maximum atomic E-state index is 6.51. The topological polar surface area (TPSA) is 26.0 Å². The predicted octanol–water partition coefficient (Wildman–Crippen LogP) is 8.22. The number of hydrogen-bond acceptors (Lipinski definition) is 1. The number of anilines is 1. The van der Waals surface area contributed by atoms with Crippen molar-refractivity contribution in [3.8, 4) is 0 Å². The van der Waals surface area contributed by atoms with Crippen molar-refractivity contribution in [3.05, 3.63) is 66.2 Å². The highest BCUT2D eigenvalue weighted by Crippen LogP contribution is 2.43. The van der Waals surface area contributed by atoms with Crippen molar-refractivity contribution in [2.24, 2.45) is 0 Å². The van der Waals surface area contributed by atoms with E-state index in [9.17, 15) is 0 Å². The molecule has 29 heavy (non-hydrogen) atoms. The molecule has 0 aliphatic heterocycles. The quantitative estimate of drug-likeness (QED) is 0.131. The zero-order valence-electron chi connectivity index (χ0n) is 17.3. The van der Waals surface area contributed by atoms with Crippen LogP contribution >= 0.6 is 0 Å². The Morgan fingerprint density at radius 1 is 0.586 bits per heavy atom. The van der Waals surface area contributed by atoms with Crippen LogP contribution < -0.4 is 5.73 Å². The Labute approximate surface area is 172 Å². The number of unbranched alkanes of at least 4 members (excludes halogenated alkanes) is 5. The summed E-state index contributed by atoms with van der Waals surface area (Å²) in [6.07, 6.45) is 9.15. The first-order chi connectivity index (χ1) is 14.3. The van der Waals surface area contributed by atoms with Crippen LogP contribution in [0.5, 0.6) is 0 Å². The van der Waals surface area contributed by atoms with Crippen molar-refractivity contribution in [2.45, 2.75) is 51.9 Å². The van der Waals surface area contributed by atoms with Gasteiger partial charge in [-0.3, -0.25) is 0 Å². The van der Waals surface area contributed by atoms with Gasteiger partial charge < -0.3 is 5.73 Å². The van der Waals surface area contributed by atoms with Gasteiger partial charge in [-0.2, -0.15) is 0 Å². The lowest BCUT2D eigenvalue weighted by molar-refractivity contribution is 0.608. The summed E-state index contributed by atoms with van der Waals surface area (Å²) in [5, 5.41) is 10.6. The number of aryl methyl sites for hydroxylation is 1. The van der Waals surface area contributed by atoms with Crippen LogP contribution in [0.3, 0.4) is 0 Å². The van der Waals surface area contributed by atoms with E-state index >= 15 is 0 Å². The largest absolute Gasteiger partial charge is 0.398 e. The van der Waals surface area contributed by atoms with Crippen molar-refractivity contribution < 1.29 is 0 Å². The molecule has 2 N–H and O–H groups in total. The molecule has 0 spiro atoms. The monoisotopic (exact) mass is 379 g/mol. The molecule has 1 heteroatoms. The van der Waals surface area contributed by atoms with Gasteiger partial charge in [-0.25, -0.2) is 0 Å². The molecule has 0 unspecified atom stereocenters. The molecule has 0 radical (unpaired) electrons. The summed E-state index contributed by atoms with van der Waals surface area (Å²) in [6, 6.07) is 22.2. The van der Waals surface area contributed by atoms with Gasteiger partial charge in [0.1, 0.15) is 0 Å². The van der Waals surface area contributed by atoms with Crippen LogP contribution in [0.1, 0.15) is 51.0 Å². The van der Waals surface area contributed by atoms with Crippen molar-refractivity contribution in [1.29, 1.82) is 0 Å². The first-order valence-corrected chi connectivity index (χ1v) is 11.2. The van der Waals surface area contributed by atoms with Crippen LogP contribution in [-0.4, -0.2) is 0 Å². The predicted molar refractivity (Wildman–Crippen MR) is 129 cm³/mol. The van der Waals surface area contributed by atoms with Gasteiger partial charge in [0, 0.05) is 11.1 Å². The normalized spacial score (nSPS) is 12.0. The lowest BCUT2D eigenvalue weighted by atomic mass is 9.86. The van der Waals surface area contributed by atoms with E-state index in [4.69, 9.17) is 5.73 Å². The highest BCUT2D eigenvalue weighted by atomic mass is 14.6. The minimum atomic E-state index is 0.879. The van der Waals surface area contributed by atoms with E-state index in [2.05, 4.69) is 67.6 Å². The average molecular weight is 380 g/mol. The third-order valence-electron chi connectivity index (χ3n) is 6.55. The molecule has 0 aliphatic carbocycles. The fraction of sp³-hybridized carbons (Fsp3) is 0.286. The zero-order valence-corrected chi connectivity index (χ0v) is 17.3. The summed E-state index contributed by atoms with van der Waals surface area (Å²) < 4.78 is 0. The van der Waals surface area contributed by atoms with E-state index in [1.54, 1.807) is 0 Å². The average Bonchev–Trinajstić information content (AvgIpc) is 2.75. The molecule has 0 saturated heterocycles. The Morgan fingerprint density at radius 2 is 1.21 bits per heavy atom. The first kappa shape index (κ1) is 18.2. The number of benzene rings is 5. The SMILES string of the molecule is CCCCCCCCc1ccc2cccc3c4c(N)ccc5cccc(c1c23)c54. The van der Waals surface area contributed by atoms with Crippen LogP contribution in [0, 0.1) is 0 Å². The highest BCUT2D eigenvalue weighted by molar-refractivity contribution is 6.35. The Morgan fingerprint density at radius 3 is 1.97 bits per heavy atom. The smallest absolute Gasteiger partial charge is 0.0400 e. The molecule has 0 fully saturated rings. The van der Waals surface area contributed by atoms with Gasteiger partial charge in [0.05, 0.1) is 0 Å². The molecule has 0 aliphatic rings. The van der Waals surface area contributed by atoms with Crippen molar-refractivity contribution in [1.82, 2.24) is 0 Å². The first-order valence-electron chi connectivity index (χ1n) is 11.2. The molecule has 5 rings (SSSR count). The maximum Gasteiger partial charge on any atom is 0.0400 e. The number of fused-ring (bicyclic) bond motifs is 2. The molecule has 0 atom stereocenters. The fourth-order valence-corrected chi connectivity index (χ4v) is 5.14. The maximum absolute atomic E-state index is 6.51.